The Bertz CT molecular complexity index is 427. The summed E-state index contributed by atoms with van der Waals surface area (Å²) < 4.78 is 13.8. The van der Waals surface area contributed by atoms with Crippen LogP contribution in [-0.4, -0.2) is 28.6 Å². The summed E-state index contributed by atoms with van der Waals surface area (Å²) in [5, 5.41) is 9.19. The first-order valence-electron chi connectivity index (χ1n) is 6.30. The molecule has 0 saturated carbocycles. The highest BCUT2D eigenvalue weighted by Gasteiger charge is 2.29. The Morgan fingerprint density at radius 1 is 1.50 bits per heavy atom. The Morgan fingerprint density at radius 2 is 2.28 bits per heavy atom. The van der Waals surface area contributed by atoms with Crippen LogP contribution >= 0.6 is 0 Å². The summed E-state index contributed by atoms with van der Waals surface area (Å²) in [6.07, 6.45) is 2.57. The van der Waals surface area contributed by atoms with E-state index in [1.165, 1.54) is 6.07 Å². The SMILES string of the molecule is Cc1cccc(F)c1CN1CCCCC1C(=O)O. The maximum absolute atomic E-state index is 13.8. The average molecular weight is 251 g/mol. The second kappa shape index (κ2) is 5.48. The molecule has 1 aliphatic heterocycles. The van der Waals surface area contributed by atoms with Gasteiger partial charge in [-0.1, -0.05) is 18.6 Å². The van der Waals surface area contributed by atoms with Gasteiger partial charge in [0, 0.05) is 12.1 Å². The van der Waals surface area contributed by atoms with E-state index in [2.05, 4.69) is 0 Å². The molecule has 1 aromatic rings. The number of aryl methyl sites for hydroxylation is 1. The van der Waals surface area contributed by atoms with Gasteiger partial charge in [-0.25, -0.2) is 4.39 Å². The maximum Gasteiger partial charge on any atom is 0.320 e. The summed E-state index contributed by atoms with van der Waals surface area (Å²) in [6, 6.07) is 4.50. The predicted octanol–water partition coefficient (Wildman–Crippen LogP) is 2.57. The molecule has 1 fully saturated rings. The fourth-order valence-electron chi connectivity index (χ4n) is 2.53. The molecule has 1 atom stereocenters. The van der Waals surface area contributed by atoms with Gasteiger partial charge in [-0.3, -0.25) is 9.69 Å². The largest absolute Gasteiger partial charge is 0.480 e. The van der Waals surface area contributed by atoms with Crippen molar-refractivity contribution in [2.45, 2.75) is 38.8 Å². The van der Waals surface area contributed by atoms with Crippen molar-refractivity contribution in [2.24, 2.45) is 0 Å². The third-order valence-corrected chi connectivity index (χ3v) is 3.61. The van der Waals surface area contributed by atoms with Crippen molar-refractivity contribution >= 4 is 5.97 Å². The third kappa shape index (κ3) is 2.70. The van der Waals surface area contributed by atoms with Crippen LogP contribution in [0.25, 0.3) is 0 Å². The first-order valence-corrected chi connectivity index (χ1v) is 6.30. The van der Waals surface area contributed by atoms with E-state index < -0.39 is 12.0 Å². The number of piperidine rings is 1. The number of carboxylic acid groups (broad SMARTS) is 1. The molecule has 98 valence electrons. The normalized spacial score (nSPS) is 20.9. The minimum Gasteiger partial charge on any atom is -0.480 e. The number of carboxylic acids is 1. The van der Waals surface area contributed by atoms with E-state index in [9.17, 15) is 14.3 Å². The van der Waals surface area contributed by atoms with Gasteiger partial charge < -0.3 is 5.11 Å². The molecule has 1 N–H and O–H groups in total. The molecule has 2 rings (SSSR count). The molecule has 0 spiro atoms. The number of nitrogens with zero attached hydrogens (tertiary/aromatic N) is 1. The number of benzene rings is 1. The minimum atomic E-state index is -0.802. The van der Waals surface area contributed by atoms with Gasteiger partial charge in [0.25, 0.3) is 0 Å². The molecule has 4 heteroatoms. The lowest BCUT2D eigenvalue weighted by Gasteiger charge is -2.33. The van der Waals surface area contributed by atoms with Gasteiger partial charge in [-0.05, 0) is 37.9 Å². The molecule has 1 unspecified atom stereocenters. The molecule has 1 saturated heterocycles. The molecule has 1 aliphatic rings. The molecule has 0 amide bonds. The quantitative estimate of drug-likeness (QED) is 0.897. The molecule has 0 aromatic heterocycles. The van der Waals surface area contributed by atoms with Gasteiger partial charge in [0.05, 0.1) is 0 Å². The summed E-state index contributed by atoms with van der Waals surface area (Å²) >= 11 is 0. The van der Waals surface area contributed by atoms with Crippen molar-refractivity contribution in [3.05, 3.63) is 35.1 Å². The van der Waals surface area contributed by atoms with E-state index in [4.69, 9.17) is 0 Å². The second-order valence-corrected chi connectivity index (χ2v) is 4.86. The third-order valence-electron chi connectivity index (χ3n) is 3.61. The number of carbonyl (C=O) groups is 1. The van der Waals surface area contributed by atoms with Crippen molar-refractivity contribution in [2.75, 3.05) is 6.54 Å². The lowest BCUT2D eigenvalue weighted by molar-refractivity contribution is -0.144. The lowest BCUT2D eigenvalue weighted by Crippen LogP contribution is -2.44. The van der Waals surface area contributed by atoms with E-state index in [0.29, 0.717) is 18.5 Å². The van der Waals surface area contributed by atoms with Crippen LogP contribution in [-0.2, 0) is 11.3 Å². The maximum atomic E-state index is 13.8. The lowest BCUT2D eigenvalue weighted by atomic mass is 10.00. The number of halogens is 1. The summed E-state index contributed by atoms with van der Waals surface area (Å²) in [6.45, 7) is 2.97. The summed E-state index contributed by atoms with van der Waals surface area (Å²) in [5.41, 5.74) is 1.50. The first kappa shape index (κ1) is 13.0. The number of aliphatic carboxylic acids is 1. The number of likely N-dealkylation sites (tertiary alicyclic amines) is 1. The first-order chi connectivity index (χ1) is 8.59. The van der Waals surface area contributed by atoms with E-state index in [1.807, 2.05) is 17.9 Å². The van der Waals surface area contributed by atoms with Gasteiger partial charge in [0.1, 0.15) is 11.9 Å². The van der Waals surface area contributed by atoms with Crippen LogP contribution in [0.15, 0.2) is 18.2 Å². The van der Waals surface area contributed by atoms with E-state index >= 15 is 0 Å². The summed E-state index contributed by atoms with van der Waals surface area (Å²) in [5.74, 6) is -1.05. The molecular formula is C14H18FNO2. The van der Waals surface area contributed by atoms with Crippen molar-refractivity contribution < 1.29 is 14.3 Å². The molecule has 1 heterocycles. The molecule has 0 aliphatic carbocycles. The zero-order valence-corrected chi connectivity index (χ0v) is 10.5. The number of hydrogen-bond acceptors (Lipinski definition) is 2. The highest BCUT2D eigenvalue weighted by atomic mass is 19.1. The zero-order valence-electron chi connectivity index (χ0n) is 10.5. The minimum absolute atomic E-state index is 0.246. The Kier molecular flexibility index (Phi) is 3.97. The zero-order chi connectivity index (χ0) is 13.1. The van der Waals surface area contributed by atoms with Crippen molar-refractivity contribution in [1.29, 1.82) is 0 Å². The molecule has 18 heavy (non-hydrogen) atoms. The van der Waals surface area contributed by atoms with E-state index in [-0.39, 0.29) is 5.82 Å². The van der Waals surface area contributed by atoms with Crippen LogP contribution < -0.4 is 0 Å². The molecule has 3 nitrogen and oxygen atoms in total. The van der Waals surface area contributed by atoms with E-state index in [1.54, 1.807) is 6.07 Å². The molecule has 0 radical (unpaired) electrons. The summed E-state index contributed by atoms with van der Waals surface area (Å²) in [4.78, 5) is 13.1. The fraction of sp³-hybridized carbons (Fsp3) is 0.500. The van der Waals surface area contributed by atoms with E-state index in [0.717, 1.165) is 24.9 Å². The Hall–Kier alpha value is -1.42. The second-order valence-electron chi connectivity index (χ2n) is 4.86. The van der Waals surface area contributed by atoms with Gasteiger partial charge >= 0.3 is 5.97 Å². The Labute approximate surface area is 106 Å². The molecule has 0 bridgehead atoms. The Balaban J connectivity index is 2.18. The van der Waals surface area contributed by atoms with Crippen molar-refractivity contribution in [3.8, 4) is 0 Å². The van der Waals surface area contributed by atoms with Gasteiger partial charge in [0.15, 0.2) is 0 Å². The van der Waals surface area contributed by atoms with Crippen LogP contribution in [0.1, 0.15) is 30.4 Å². The number of hydrogen-bond donors (Lipinski definition) is 1. The van der Waals surface area contributed by atoms with Gasteiger partial charge in [-0.15, -0.1) is 0 Å². The Morgan fingerprint density at radius 3 is 2.94 bits per heavy atom. The highest BCUT2D eigenvalue weighted by Crippen LogP contribution is 2.22. The van der Waals surface area contributed by atoms with Crippen LogP contribution in [0.2, 0.25) is 0 Å². The van der Waals surface area contributed by atoms with Gasteiger partial charge in [-0.2, -0.15) is 0 Å². The highest BCUT2D eigenvalue weighted by molar-refractivity contribution is 5.73. The van der Waals surface area contributed by atoms with Crippen LogP contribution in [0.5, 0.6) is 0 Å². The monoisotopic (exact) mass is 251 g/mol. The standard InChI is InChI=1S/C14H18FNO2/c1-10-5-4-6-12(15)11(10)9-16-8-3-2-7-13(16)14(17)18/h4-6,13H,2-3,7-9H2,1H3,(H,17,18). The average Bonchev–Trinajstić information content (AvgIpc) is 2.34. The van der Waals surface area contributed by atoms with Crippen molar-refractivity contribution in [3.63, 3.8) is 0 Å². The number of rotatable bonds is 3. The predicted molar refractivity (Wildman–Crippen MR) is 66.8 cm³/mol. The smallest absolute Gasteiger partial charge is 0.320 e. The molecule has 1 aromatic carbocycles. The topological polar surface area (TPSA) is 40.5 Å². The van der Waals surface area contributed by atoms with Crippen LogP contribution in [0, 0.1) is 12.7 Å². The van der Waals surface area contributed by atoms with Crippen LogP contribution in [0.4, 0.5) is 4.39 Å². The fourth-order valence-corrected chi connectivity index (χ4v) is 2.53. The van der Waals surface area contributed by atoms with Crippen molar-refractivity contribution in [1.82, 2.24) is 4.90 Å². The van der Waals surface area contributed by atoms with Gasteiger partial charge in [0.2, 0.25) is 0 Å². The molecular weight excluding hydrogens is 233 g/mol. The van der Waals surface area contributed by atoms with Crippen LogP contribution in [0.3, 0.4) is 0 Å². The summed E-state index contributed by atoms with van der Waals surface area (Å²) in [7, 11) is 0.